The molecular formula is C11H11N3O. The maximum absolute atomic E-state index is 11.1. The number of Topliss-reactive ketones (excluding diaryl/α,β-unsaturated/α-hetero) is 1. The van der Waals surface area contributed by atoms with Gasteiger partial charge >= 0.3 is 0 Å². The number of pyridine rings is 1. The number of ketones is 1. The Bertz CT molecular complexity index is 485. The lowest BCUT2D eigenvalue weighted by atomic mass is 10.3. The Balaban J connectivity index is 2.37. The van der Waals surface area contributed by atoms with Gasteiger partial charge in [0, 0.05) is 18.8 Å². The lowest BCUT2D eigenvalue weighted by molar-refractivity contribution is 0.101. The van der Waals surface area contributed by atoms with Gasteiger partial charge < -0.3 is 4.57 Å². The molecule has 0 bridgehead atoms. The quantitative estimate of drug-likeness (QED) is 0.696. The van der Waals surface area contributed by atoms with Crippen LogP contribution in [-0.2, 0) is 0 Å². The number of rotatable bonds is 2. The lowest BCUT2D eigenvalue weighted by Crippen LogP contribution is -1.93. The summed E-state index contributed by atoms with van der Waals surface area (Å²) >= 11 is 0. The summed E-state index contributed by atoms with van der Waals surface area (Å²) in [5, 5.41) is 0. The van der Waals surface area contributed by atoms with Gasteiger partial charge in [0.05, 0.1) is 11.9 Å². The van der Waals surface area contributed by atoms with Crippen molar-refractivity contribution in [2.75, 3.05) is 0 Å². The van der Waals surface area contributed by atoms with E-state index in [4.69, 9.17) is 0 Å². The predicted octanol–water partition coefficient (Wildman–Crippen LogP) is 1.78. The van der Waals surface area contributed by atoms with Crippen LogP contribution in [0.5, 0.6) is 0 Å². The van der Waals surface area contributed by atoms with Crippen molar-refractivity contribution in [3.8, 4) is 5.69 Å². The highest BCUT2D eigenvalue weighted by Gasteiger charge is 2.04. The van der Waals surface area contributed by atoms with E-state index in [1.807, 2.05) is 19.1 Å². The number of hydrogen-bond donors (Lipinski definition) is 0. The van der Waals surface area contributed by atoms with Crippen LogP contribution in [0.1, 0.15) is 23.1 Å². The third-order valence-corrected chi connectivity index (χ3v) is 2.14. The van der Waals surface area contributed by atoms with E-state index < -0.39 is 0 Å². The third-order valence-electron chi connectivity index (χ3n) is 2.14. The van der Waals surface area contributed by atoms with Gasteiger partial charge in [0.25, 0.3) is 0 Å². The Labute approximate surface area is 87.6 Å². The minimum absolute atomic E-state index is 0.0335. The van der Waals surface area contributed by atoms with Gasteiger partial charge in [-0.05, 0) is 19.1 Å². The van der Waals surface area contributed by atoms with Crippen molar-refractivity contribution in [2.24, 2.45) is 0 Å². The summed E-state index contributed by atoms with van der Waals surface area (Å²) < 4.78 is 1.78. The van der Waals surface area contributed by atoms with Gasteiger partial charge in [-0.2, -0.15) is 0 Å². The molecule has 0 unspecified atom stereocenters. The van der Waals surface area contributed by atoms with Crippen molar-refractivity contribution >= 4 is 5.78 Å². The van der Waals surface area contributed by atoms with Crippen LogP contribution in [-0.4, -0.2) is 20.3 Å². The van der Waals surface area contributed by atoms with E-state index in [9.17, 15) is 4.79 Å². The second-order valence-electron chi connectivity index (χ2n) is 3.38. The zero-order valence-electron chi connectivity index (χ0n) is 8.64. The molecule has 4 heteroatoms. The average Bonchev–Trinajstić information content (AvgIpc) is 2.68. The largest absolute Gasteiger partial charge is 0.304 e. The molecule has 2 rings (SSSR count). The van der Waals surface area contributed by atoms with Crippen molar-refractivity contribution in [3.63, 3.8) is 0 Å². The van der Waals surface area contributed by atoms with Gasteiger partial charge in [0.2, 0.25) is 0 Å². The van der Waals surface area contributed by atoms with Gasteiger partial charge in [0.1, 0.15) is 12.0 Å². The molecule has 2 aromatic heterocycles. The monoisotopic (exact) mass is 201 g/mol. The minimum Gasteiger partial charge on any atom is -0.304 e. The topological polar surface area (TPSA) is 47.8 Å². The van der Waals surface area contributed by atoms with E-state index in [1.165, 1.54) is 6.92 Å². The van der Waals surface area contributed by atoms with Crippen molar-refractivity contribution in [1.29, 1.82) is 0 Å². The molecule has 2 aromatic rings. The van der Waals surface area contributed by atoms with Crippen molar-refractivity contribution in [1.82, 2.24) is 14.5 Å². The summed E-state index contributed by atoms with van der Waals surface area (Å²) in [5.41, 5.74) is 2.34. The zero-order chi connectivity index (χ0) is 10.8. The van der Waals surface area contributed by atoms with E-state index in [0.29, 0.717) is 5.69 Å². The highest BCUT2D eigenvalue weighted by atomic mass is 16.1. The van der Waals surface area contributed by atoms with Crippen LogP contribution in [0.15, 0.2) is 30.9 Å². The molecule has 0 N–H and O–H groups in total. The molecule has 4 nitrogen and oxygen atoms in total. The zero-order valence-corrected chi connectivity index (χ0v) is 8.64. The second kappa shape index (κ2) is 3.65. The first-order valence-corrected chi connectivity index (χ1v) is 4.65. The Morgan fingerprint density at radius 3 is 2.67 bits per heavy atom. The smallest absolute Gasteiger partial charge is 0.179 e. The standard InChI is InChI=1S/C11H11N3O/c1-8-3-4-10(5-12-8)14-6-11(9(2)15)13-7-14/h3-7H,1-2H3. The van der Waals surface area contributed by atoms with Gasteiger partial charge in [-0.3, -0.25) is 9.78 Å². The molecule has 0 saturated heterocycles. The lowest BCUT2D eigenvalue weighted by Gasteiger charge is -2.00. The minimum atomic E-state index is -0.0335. The SMILES string of the molecule is CC(=O)c1cn(-c2ccc(C)nc2)cn1. The van der Waals surface area contributed by atoms with E-state index >= 15 is 0 Å². The molecule has 0 radical (unpaired) electrons. The van der Waals surface area contributed by atoms with Crippen LogP contribution in [0.3, 0.4) is 0 Å². The first-order chi connectivity index (χ1) is 7.16. The van der Waals surface area contributed by atoms with Crippen LogP contribution in [0, 0.1) is 6.92 Å². The van der Waals surface area contributed by atoms with E-state index in [0.717, 1.165) is 11.4 Å². The first kappa shape index (κ1) is 9.58. The van der Waals surface area contributed by atoms with Gasteiger partial charge in [-0.1, -0.05) is 0 Å². The number of carbonyl (C=O) groups is 1. The molecule has 0 amide bonds. The number of aromatic nitrogens is 3. The molecule has 0 aliphatic heterocycles. The summed E-state index contributed by atoms with van der Waals surface area (Å²) in [7, 11) is 0. The van der Waals surface area contributed by atoms with Crippen LogP contribution in [0.4, 0.5) is 0 Å². The van der Waals surface area contributed by atoms with Crippen LogP contribution < -0.4 is 0 Å². The Morgan fingerprint density at radius 1 is 1.33 bits per heavy atom. The molecule has 15 heavy (non-hydrogen) atoms. The summed E-state index contributed by atoms with van der Waals surface area (Å²) in [6, 6.07) is 3.86. The molecule has 0 fully saturated rings. The second-order valence-corrected chi connectivity index (χ2v) is 3.38. The van der Waals surface area contributed by atoms with Crippen molar-refractivity contribution in [2.45, 2.75) is 13.8 Å². The molecule has 0 aliphatic carbocycles. The fraction of sp³-hybridized carbons (Fsp3) is 0.182. The van der Waals surface area contributed by atoms with E-state index in [-0.39, 0.29) is 5.78 Å². The highest BCUT2D eigenvalue weighted by molar-refractivity contribution is 5.91. The maximum atomic E-state index is 11.1. The maximum Gasteiger partial charge on any atom is 0.179 e. The summed E-state index contributed by atoms with van der Waals surface area (Å²) in [6.45, 7) is 3.43. The number of hydrogen-bond acceptors (Lipinski definition) is 3. The molecule has 0 spiro atoms. The number of aryl methyl sites for hydroxylation is 1. The van der Waals surface area contributed by atoms with Crippen LogP contribution in [0.25, 0.3) is 5.69 Å². The Morgan fingerprint density at radius 2 is 2.13 bits per heavy atom. The molecule has 0 atom stereocenters. The van der Waals surface area contributed by atoms with Gasteiger partial charge in [0.15, 0.2) is 5.78 Å². The van der Waals surface area contributed by atoms with E-state index in [1.54, 1.807) is 23.3 Å². The van der Waals surface area contributed by atoms with Gasteiger partial charge in [-0.15, -0.1) is 0 Å². The Kier molecular flexibility index (Phi) is 2.33. The fourth-order valence-corrected chi connectivity index (χ4v) is 1.26. The molecule has 2 heterocycles. The normalized spacial score (nSPS) is 10.3. The van der Waals surface area contributed by atoms with E-state index in [2.05, 4.69) is 9.97 Å². The van der Waals surface area contributed by atoms with Crippen LogP contribution >= 0.6 is 0 Å². The van der Waals surface area contributed by atoms with Crippen molar-refractivity contribution in [3.05, 3.63) is 42.2 Å². The summed E-state index contributed by atoms with van der Waals surface area (Å²) in [6.07, 6.45) is 5.07. The number of imidazole rings is 1. The van der Waals surface area contributed by atoms with Crippen LogP contribution in [0.2, 0.25) is 0 Å². The third kappa shape index (κ3) is 1.93. The Hall–Kier alpha value is -1.97. The summed E-state index contributed by atoms with van der Waals surface area (Å²) in [4.78, 5) is 19.2. The number of nitrogens with zero attached hydrogens (tertiary/aromatic N) is 3. The van der Waals surface area contributed by atoms with Gasteiger partial charge in [-0.25, -0.2) is 4.98 Å². The molecule has 76 valence electrons. The highest BCUT2D eigenvalue weighted by Crippen LogP contribution is 2.08. The van der Waals surface area contributed by atoms with Crippen molar-refractivity contribution < 1.29 is 4.79 Å². The molecule has 0 aliphatic rings. The fourth-order valence-electron chi connectivity index (χ4n) is 1.26. The number of carbonyl (C=O) groups excluding carboxylic acids is 1. The molecular weight excluding hydrogens is 190 g/mol. The average molecular weight is 201 g/mol. The first-order valence-electron chi connectivity index (χ1n) is 4.65. The molecule has 0 aromatic carbocycles. The predicted molar refractivity (Wildman–Crippen MR) is 56.1 cm³/mol. The molecule has 0 saturated carbocycles. The summed E-state index contributed by atoms with van der Waals surface area (Å²) in [5.74, 6) is -0.0335.